The molecular formula is C12H24N4O. The van der Waals surface area contributed by atoms with Gasteiger partial charge in [-0.05, 0) is 27.7 Å². The van der Waals surface area contributed by atoms with Crippen molar-refractivity contribution >= 4 is 11.5 Å². The molecule has 0 unspecified atom stereocenters. The highest BCUT2D eigenvalue weighted by Gasteiger charge is 2.19. The van der Waals surface area contributed by atoms with Crippen molar-refractivity contribution < 1.29 is 4.74 Å². The first-order chi connectivity index (χ1) is 8.02. The Morgan fingerprint density at radius 3 is 2.59 bits per heavy atom. The zero-order valence-corrected chi connectivity index (χ0v) is 11.5. The zero-order chi connectivity index (χ0) is 13.0. The Morgan fingerprint density at radius 2 is 2.12 bits per heavy atom. The van der Waals surface area contributed by atoms with Crippen LogP contribution in [0.25, 0.3) is 0 Å². The Balaban J connectivity index is 3.07. The van der Waals surface area contributed by atoms with Gasteiger partial charge in [-0.3, -0.25) is 0 Å². The van der Waals surface area contributed by atoms with E-state index in [1.165, 1.54) is 0 Å². The lowest BCUT2D eigenvalue weighted by molar-refractivity contribution is 0.205. The summed E-state index contributed by atoms with van der Waals surface area (Å²) in [6.45, 7) is 10.7. The van der Waals surface area contributed by atoms with Gasteiger partial charge in [0.1, 0.15) is 0 Å². The van der Waals surface area contributed by atoms with Crippen molar-refractivity contribution in [2.45, 2.75) is 33.7 Å². The van der Waals surface area contributed by atoms with E-state index < -0.39 is 0 Å². The highest BCUT2D eigenvalue weighted by Crippen LogP contribution is 2.28. The molecule has 0 saturated heterocycles. The summed E-state index contributed by atoms with van der Waals surface area (Å²) in [6, 6.07) is 0.303. The van der Waals surface area contributed by atoms with Crippen LogP contribution in [0.15, 0.2) is 0 Å². The maximum atomic E-state index is 6.12. The van der Waals surface area contributed by atoms with Gasteiger partial charge in [0.2, 0.25) is 0 Å². The molecule has 2 N–H and O–H groups in total. The highest BCUT2D eigenvalue weighted by molar-refractivity contribution is 5.66. The van der Waals surface area contributed by atoms with E-state index in [1.54, 1.807) is 7.11 Å². The van der Waals surface area contributed by atoms with Crippen LogP contribution in [0.2, 0.25) is 0 Å². The number of nitrogens with two attached hydrogens (primary N) is 1. The van der Waals surface area contributed by atoms with Crippen LogP contribution in [0.3, 0.4) is 0 Å². The maximum absolute atomic E-state index is 6.12. The molecule has 0 bridgehead atoms. The number of methoxy groups -OCH3 is 1. The van der Waals surface area contributed by atoms with Crippen LogP contribution in [0, 0.1) is 6.92 Å². The van der Waals surface area contributed by atoms with Gasteiger partial charge in [-0.2, -0.15) is 5.10 Å². The molecule has 5 nitrogen and oxygen atoms in total. The molecule has 1 aromatic heterocycles. The molecule has 0 spiro atoms. The molecule has 0 aliphatic heterocycles. The second-order valence-electron chi connectivity index (χ2n) is 4.43. The van der Waals surface area contributed by atoms with Gasteiger partial charge in [-0.1, -0.05) is 0 Å². The first-order valence-corrected chi connectivity index (χ1v) is 6.11. The van der Waals surface area contributed by atoms with Crippen molar-refractivity contribution in [1.29, 1.82) is 0 Å². The number of anilines is 2. The number of hydrogen-bond donors (Lipinski definition) is 1. The molecule has 0 saturated carbocycles. The van der Waals surface area contributed by atoms with E-state index in [0.29, 0.717) is 12.6 Å². The first-order valence-electron chi connectivity index (χ1n) is 6.11. The van der Waals surface area contributed by atoms with Gasteiger partial charge in [0.25, 0.3) is 0 Å². The van der Waals surface area contributed by atoms with Gasteiger partial charge in [0, 0.05) is 26.2 Å². The molecule has 0 aliphatic carbocycles. The summed E-state index contributed by atoms with van der Waals surface area (Å²) < 4.78 is 7.12. The minimum absolute atomic E-state index is 0.303. The molecule has 1 aromatic rings. The summed E-state index contributed by atoms with van der Waals surface area (Å²) in [4.78, 5) is 2.21. The molecule has 5 heteroatoms. The average molecular weight is 240 g/mol. The minimum Gasteiger partial charge on any atom is -0.394 e. The second-order valence-corrected chi connectivity index (χ2v) is 4.43. The molecule has 0 amide bonds. The van der Waals surface area contributed by atoms with Crippen molar-refractivity contribution in [2.75, 3.05) is 37.4 Å². The van der Waals surface area contributed by atoms with Crippen LogP contribution >= 0.6 is 0 Å². The third kappa shape index (κ3) is 2.91. The van der Waals surface area contributed by atoms with Crippen molar-refractivity contribution in [3.8, 4) is 0 Å². The van der Waals surface area contributed by atoms with E-state index in [1.807, 2.05) is 11.6 Å². The Kier molecular flexibility index (Phi) is 4.81. The summed E-state index contributed by atoms with van der Waals surface area (Å²) in [5.74, 6) is 1.01. The molecule has 17 heavy (non-hydrogen) atoms. The number of aryl methyl sites for hydroxylation is 1. The van der Waals surface area contributed by atoms with Crippen LogP contribution in [0.1, 0.15) is 32.5 Å². The van der Waals surface area contributed by atoms with Gasteiger partial charge in [-0.25, -0.2) is 4.68 Å². The molecule has 0 fully saturated rings. The van der Waals surface area contributed by atoms with E-state index >= 15 is 0 Å². The maximum Gasteiger partial charge on any atom is 0.150 e. The quantitative estimate of drug-likeness (QED) is 0.824. The van der Waals surface area contributed by atoms with Gasteiger partial charge in [0.15, 0.2) is 5.82 Å². The van der Waals surface area contributed by atoms with E-state index in [-0.39, 0.29) is 0 Å². The lowest BCUT2D eigenvalue weighted by atomic mass is 10.3. The van der Waals surface area contributed by atoms with Gasteiger partial charge < -0.3 is 15.4 Å². The SMILES string of the molecule is CCN(CCOC)c1c(N)c(C)nn1C(C)C. The fourth-order valence-corrected chi connectivity index (χ4v) is 1.84. The van der Waals surface area contributed by atoms with Crippen LogP contribution in [-0.4, -0.2) is 36.6 Å². The molecule has 98 valence electrons. The Labute approximate surface area is 104 Å². The van der Waals surface area contributed by atoms with E-state index in [0.717, 1.165) is 30.3 Å². The number of nitrogens with zero attached hydrogens (tertiary/aromatic N) is 3. The fraction of sp³-hybridized carbons (Fsp3) is 0.750. The second kappa shape index (κ2) is 5.91. The summed E-state index contributed by atoms with van der Waals surface area (Å²) in [6.07, 6.45) is 0. The lowest BCUT2D eigenvalue weighted by Crippen LogP contribution is -2.30. The molecule has 0 aromatic carbocycles. The molecule has 0 atom stereocenters. The van der Waals surface area contributed by atoms with Crippen LogP contribution < -0.4 is 10.6 Å². The number of ether oxygens (including phenoxy) is 1. The van der Waals surface area contributed by atoms with Crippen LogP contribution in [-0.2, 0) is 4.74 Å². The molecular weight excluding hydrogens is 216 g/mol. The van der Waals surface area contributed by atoms with E-state index in [2.05, 4.69) is 30.8 Å². The summed E-state index contributed by atoms with van der Waals surface area (Å²) in [5, 5.41) is 4.50. The normalized spacial score (nSPS) is 11.2. The van der Waals surface area contributed by atoms with Crippen LogP contribution in [0.5, 0.6) is 0 Å². The Morgan fingerprint density at radius 1 is 1.47 bits per heavy atom. The van der Waals surface area contributed by atoms with Crippen molar-refractivity contribution in [3.63, 3.8) is 0 Å². The number of hydrogen-bond acceptors (Lipinski definition) is 4. The number of likely N-dealkylation sites (N-methyl/N-ethyl adjacent to an activating group) is 1. The smallest absolute Gasteiger partial charge is 0.150 e. The average Bonchev–Trinajstić information content (AvgIpc) is 2.58. The van der Waals surface area contributed by atoms with E-state index in [4.69, 9.17) is 10.5 Å². The van der Waals surface area contributed by atoms with Crippen LogP contribution in [0.4, 0.5) is 11.5 Å². The molecule has 1 rings (SSSR count). The molecule has 0 aliphatic rings. The first kappa shape index (κ1) is 13.8. The van der Waals surface area contributed by atoms with Gasteiger partial charge in [0.05, 0.1) is 18.0 Å². The lowest BCUT2D eigenvalue weighted by Gasteiger charge is -2.25. The summed E-state index contributed by atoms with van der Waals surface area (Å²) in [5.41, 5.74) is 7.79. The Hall–Kier alpha value is -1.23. The van der Waals surface area contributed by atoms with Gasteiger partial charge >= 0.3 is 0 Å². The number of nitrogen functional groups attached to an aromatic ring is 1. The van der Waals surface area contributed by atoms with Crippen molar-refractivity contribution in [3.05, 3.63) is 5.69 Å². The third-order valence-corrected chi connectivity index (χ3v) is 2.84. The third-order valence-electron chi connectivity index (χ3n) is 2.84. The standard InChI is InChI=1S/C12H24N4O/c1-6-15(7-8-17-5)12-11(13)10(4)14-16(12)9(2)3/h9H,6-8,13H2,1-5H3. The topological polar surface area (TPSA) is 56.3 Å². The molecule has 1 heterocycles. The summed E-state index contributed by atoms with van der Waals surface area (Å²) >= 11 is 0. The zero-order valence-electron chi connectivity index (χ0n) is 11.5. The molecule has 0 radical (unpaired) electrons. The largest absolute Gasteiger partial charge is 0.394 e. The minimum atomic E-state index is 0.303. The predicted molar refractivity (Wildman–Crippen MR) is 71.5 cm³/mol. The van der Waals surface area contributed by atoms with Crippen molar-refractivity contribution in [2.24, 2.45) is 0 Å². The fourth-order valence-electron chi connectivity index (χ4n) is 1.84. The monoisotopic (exact) mass is 240 g/mol. The highest BCUT2D eigenvalue weighted by atomic mass is 16.5. The summed E-state index contributed by atoms with van der Waals surface area (Å²) in [7, 11) is 1.71. The number of aromatic nitrogens is 2. The predicted octanol–water partition coefficient (Wildman–Crippen LogP) is 1.83. The Bertz CT molecular complexity index is 360. The number of rotatable bonds is 6. The van der Waals surface area contributed by atoms with Gasteiger partial charge in [-0.15, -0.1) is 0 Å². The van der Waals surface area contributed by atoms with Crippen molar-refractivity contribution in [1.82, 2.24) is 9.78 Å². The van der Waals surface area contributed by atoms with E-state index in [9.17, 15) is 0 Å².